The molecule has 21 heteroatoms. The average Bonchev–Trinajstić information content (AvgIpc) is 4.21. The van der Waals surface area contributed by atoms with Gasteiger partial charge < -0.3 is 51.4 Å². The Bertz CT molecular complexity index is 3530. The Morgan fingerprint density at radius 3 is 1.55 bits per heavy atom. The molecule has 0 saturated carbocycles. The summed E-state index contributed by atoms with van der Waals surface area (Å²) >= 11 is 18.0. The third kappa shape index (κ3) is 16.4. The monoisotopic (exact) mass is 1140 g/mol. The molecule has 0 fully saturated rings. The molecule has 0 saturated heterocycles. The first-order valence-electron chi connectivity index (χ1n) is 24.7. The molecule has 9 N–H and O–H groups in total. The van der Waals surface area contributed by atoms with Crippen LogP contribution in [-0.2, 0) is 22.4 Å². The van der Waals surface area contributed by atoms with Crippen LogP contribution in [0.2, 0.25) is 10.0 Å². The first kappa shape index (κ1) is 59.5. The van der Waals surface area contributed by atoms with Gasteiger partial charge in [0.1, 0.15) is 0 Å². The van der Waals surface area contributed by atoms with E-state index in [2.05, 4.69) is 73.9 Å². The number of aromatic nitrogens is 8. The number of nitrogens with two attached hydrogens (primary N) is 1. The van der Waals surface area contributed by atoms with Crippen molar-refractivity contribution in [2.24, 2.45) is 5.73 Å². The number of benzene rings is 4. The first-order chi connectivity index (χ1) is 36.3. The van der Waals surface area contributed by atoms with E-state index < -0.39 is 0 Å². The van der Waals surface area contributed by atoms with Crippen molar-refractivity contribution >= 4 is 138 Å². The highest BCUT2D eigenvalue weighted by Crippen LogP contribution is 2.35. The first-order valence-corrected chi connectivity index (χ1v) is 25.8. The molecule has 1 amide bonds. The fraction of sp³-hybridized carbons (Fsp3) is 0.250. The van der Waals surface area contributed by atoms with E-state index in [0.717, 1.165) is 116 Å². The van der Waals surface area contributed by atoms with Gasteiger partial charge in [0.15, 0.2) is 0 Å². The third-order valence-electron chi connectivity index (χ3n) is 12.2. The Labute approximate surface area is 474 Å². The number of nitrogens with one attached hydrogen (secondary N) is 7. The van der Waals surface area contributed by atoms with Crippen molar-refractivity contribution in [2.75, 3.05) is 65.0 Å². The van der Waals surface area contributed by atoms with Crippen molar-refractivity contribution in [3.8, 4) is 22.5 Å². The van der Waals surface area contributed by atoms with Crippen molar-refractivity contribution in [1.29, 1.82) is 0 Å². The Kier molecular flexibility index (Phi) is 22.1. The number of rotatable bonds is 19. The minimum atomic E-state index is -0.239. The second kappa shape index (κ2) is 28.6. The summed E-state index contributed by atoms with van der Waals surface area (Å²) in [5, 5.41) is 14.7. The number of carbonyl (C=O) groups is 2. The van der Waals surface area contributed by atoms with E-state index in [9.17, 15) is 9.59 Å². The number of para-hydroxylation sites is 2. The van der Waals surface area contributed by atoms with Crippen LogP contribution in [0.25, 0.3) is 66.1 Å². The largest absolute Gasteiger partial charge is 0.360 e. The van der Waals surface area contributed by atoms with Crippen molar-refractivity contribution < 1.29 is 9.59 Å². The molecule has 0 atom stereocenters. The molecule has 0 aliphatic rings. The second-order valence-electron chi connectivity index (χ2n) is 18.5. The number of hydrogen-bond donors (Lipinski definition) is 8. The molecule has 10 rings (SSSR count). The van der Waals surface area contributed by atoms with Crippen LogP contribution in [0.4, 0.5) is 23.3 Å². The van der Waals surface area contributed by atoms with E-state index in [1.165, 1.54) is 0 Å². The average molecular weight is 1140 g/mol. The SMILES string of the molecule is CN(C)CCCC(=O)Cl.CN(C)CCCC(=O)NCCc1cc2ccc(Nc3ncc(Cl)c(-c4c[nH]c5ccccc45)n3)cc2[nH]1.Cl.Cl.NCCc1cc2ccc(Nc3ncc(Cl)c(-c4c[nH]c5ccccc45)n3)cc2[nH]1. The fourth-order valence-corrected chi connectivity index (χ4v) is 9.01. The normalized spacial score (nSPS) is 11.0. The summed E-state index contributed by atoms with van der Waals surface area (Å²) in [5.41, 5.74) is 17.0. The summed E-state index contributed by atoms with van der Waals surface area (Å²) in [6.45, 7) is 3.07. The summed E-state index contributed by atoms with van der Waals surface area (Å²) in [6.07, 6.45) is 11.4. The minimum absolute atomic E-state index is 0. The van der Waals surface area contributed by atoms with E-state index in [1.807, 2.05) is 124 Å². The van der Waals surface area contributed by atoms with Gasteiger partial charge >= 0.3 is 0 Å². The standard InChI is InChI=1S/C28H30ClN7O.C22H19ClN6.C6H12ClNO.2ClH/c1-36(2)13-5-8-26(37)30-12-11-20-14-18-9-10-19(15-25(18)33-20)34-28-32-17-23(29)27(35-28)22-16-31-24-7-4-3-6-21(22)24;23-18-12-26-22(29-21(18)17-11-25-19-4-2-1-3-16(17)19)28-14-6-5-13-9-15(7-8-24)27-20(13)10-14;1-8(2)5-3-4-6(7)9;;/h3-4,6-7,9-10,14-17,31,33H,5,8,11-13H2,1-2H3,(H,30,37)(H,32,34,35);1-6,9-12,25,27H,7-8,24H2,(H,26,28,29);3-5H2,1-2H3;2*1H. The van der Waals surface area contributed by atoms with E-state index in [4.69, 9.17) is 45.5 Å². The van der Waals surface area contributed by atoms with Gasteiger partial charge in [0.25, 0.3) is 0 Å². The van der Waals surface area contributed by atoms with Crippen molar-refractivity contribution in [1.82, 2.24) is 55.0 Å². The molecular weight excluding hydrogens is 1080 g/mol. The molecule has 16 nitrogen and oxygen atoms in total. The Hall–Kier alpha value is -6.73. The van der Waals surface area contributed by atoms with Gasteiger partial charge in [-0.2, -0.15) is 0 Å². The molecule has 0 unspecified atom stereocenters. The van der Waals surface area contributed by atoms with Crippen molar-refractivity contribution in [2.45, 2.75) is 38.5 Å². The zero-order valence-corrected chi connectivity index (χ0v) is 47.0. The van der Waals surface area contributed by atoms with Gasteiger partial charge in [-0.25, -0.2) is 19.9 Å². The molecule has 0 aliphatic carbocycles. The number of hydrogen-bond acceptors (Lipinski definition) is 11. The number of fused-ring (bicyclic) bond motifs is 4. The van der Waals surface area contributed by atoms with Gasteiger partial charge in [-0.1, -0.05) is 71.7 Å². The zero-order valence-electron chi connectivity index (χ0n) is 43.1. The van der Waals surface area contributed by atoms with Gasteiger partial charge in [-0.15, -0.1) is 24.8 Å². The minimum Gasteiger partial charge on any atom is -0.360 e. The smallest absolute Gasteiger partial charge is 0.227 e. The van der Waals surface area contributed by atoms with Crippen LogP contribution < -0.4 is 21.7 Å². The molecule has 4 aromatic carbocycles. The predicted octanol–water partition coefficient (Wildman–Crippen LogP) is 12.4. The molecule has 0 bridgehead atoms. The van der Waals surface area contributed by atoms with Crippen LogP contribution in [0.15, 0.2) is 122 Å². The van der Waals surface area contributed by atoms with Gasteiger partial charge in [-0.05, 0) is 138 Å². The topological polar surface area (TPSA) is 217 Å². The summed E-state index contributed by atoms with van der Waals surface area (Å²) in [6, 6.07) is 32.5. The highest BCUT2D eigenvalue weighted by molar-refractivity contribution is 6.63. The van der Waals surface area contributed by atoms with E-state index in [-0.39, 0.29) is 36.0 Å². The van der Waals surface area contributed by atoms with Crippen molar-refractivity contribution in [3.63, 3.8) is 0 Å². The number of aromatic amines is 4. The quantitative estimate of drug-likeness (QED) is 0.0356. The molecule has 0 radical (unpaired) electrons. The van der Waals surface area contributed by atoms with Gasteiger partial charge in [0.2, 0.25) is 23.0 Å². The zero-order chi connectivity index (χ0) is 52.8. The lowest BCUT2D eigenvalue weighted by molar-refractivity contribution is -0.121. The molecule has 6 aromatic heterocycles. The van der Waals surface area contributed by atoms with E-state index in [0.29, 0.717) is 59.3 Å². The lowest BCUT2D eigenvalue weighted by Gasteiger charge is -2.09. The highest BCUT2D eigenvalue weighted by Gasteiger charge is 2.16. The lowest BCUT2D eigenvalue weighted by atomic mass is 10.1. The van der Waals surface area contributed by atoms with Crippen LogP contribution in [0, 0.1) is 0 Å². The van der Waals surface area contributed by atoms with E-state index in [1.54, 1.807) is 12.4 Å². The van der Waals surface area contributed by atoms with E-state index >= 15 is 0 Å². The summed E-state index contributed by atoms with van der Waals surface area (Å²) < 4.78 is 0. The molecule has 0 spiro atoms. The summed E-state index contributed by atoms with van der Waals surface area (Å²) in [5.74, 6) is 1.05. The maximum atomic E-state index is 12.0. The summed E-state index contributed by atoms with van der Waals surface area (Å²) in [7, 11) is 7.97. The Morgan fingerprint density at radius 2 is 1.08 bits per heavy atom. The van der Waals surface area contributed by atoms with Gasteiger partial charge in [-0.3, -0.25) is 9.59 Å². The number of halogens is 5. The molecule has 404 valence electrons. The molecule has 0 aliphatic heterocycles. The second-order valence-corrected chi connectivity index (χ2v) is 19.8. The summed E-state index contributed by atoms with van der Waals surface area (Å²) in [4.78, 5) is 57.8. The van der Waals surface area contributed by atoms with Gasteiger partial charge in [0, 0.05) is 105 Å². The molecule has 77 heavy (non-hydrogen) atoms. The van der Waals surface area contributed by atoms with Crippen LogP contribution in [0.5, 0.6) is 0 Å². The van der Waals surface area contributed by atoms with Crippen LogP contribution in [0.3, 0.4) is 0 Å². The Balaban J connectivity index is 0.000000214. The van der Waals surface area contributed by atoms with Crippen LogP contribution >= 0.6 is 59.6 Å². The molecule has 6 heterocycles. The predicted molar refractivity (Wildman–Crippen MR) is 322 cm³/mol. The van der Waals surface area contributed by atoms with Crippen LogP contribution in [0.1, 0.15) is 37.1 Å². The number of H-pyrrole nitrogens is 4. The molecule has 10 aromatic rings. The van der Waals surface area contributed by atoms with Crippen molar-refractivity contribution in [3.05, 3.63) is 143 Å². The number of carbonyl (C=O) groups excluding carboxylic acids is 2. The third-order valence-corrected chi connectivity index (χ3v) is 12.9. The Morgan fingerprint density at radius 1 is 0.610 bits per heavy atom. The number of anilines is 4. The maximum Gasteiger partial charge on any atom is 0.227 e. The number of amides is 1. The number of nitrogens with zero attached hydrogens (tertiary/aromatic N) is 6. The van der Waals surface area contributed by atoms with Gasteiger partial charge in [0.05, 0.1) is 33.8 Å². The fourth-order valence-electron chi connectivity index (χ4n) is 8.50. The van der Waals surface area contributed by atoms with Crippen LogP contribution in [-0.4, -0.2) is 115 Å². The molecular formula is C56H63Cl5N14O2. The maximum absolute atomic E-state index is 12.0. The lowest BCUT2D eigenvalue weighted by Crippen LogP contribution is -2.26. The highest BCUT2D eigenvalue weighted by atomic mass is 35.5.